The summed E-state index contributed by atoms with van der Waals surface area (Å²) in [6.45, 7) is 7.73. The highest BCUT2D eigenvalue weighted by Crippen LogP contribution is 2.02. The van der Waals surface area contributed by atoms with Gasteiger partial charge in [-0.15, -0.1) is 0 Å². The molecule has 0 saturated carbocycles. The van der Waals surface area contributed by atoms with Gasteiger partial charge in [0, 0.05) is 5.56 Å². The van der Waals surface area contributed by atoms with Crippen LogP contribution in [0.15, 0.2) is 55.1 Å². The van der Waals surface area contributed by atoms with Crippen LogP contribution in [0.25, 0.3) is 6.08 Å². The molecule has 2 aromatic carbocycles. The van der Waals surface area contributed by atoms with Crippen LogP contribution in [0, 0.1) is 13.8 Å². The fourth-order valence-electron chi connectivity index (χ4n) is 1.35. The lowest BCUT2D eigenvalue weighted by Gasteiger charge is -1.91. The van der Waals surface area contributed by atoms with Crippen molar-refractivity contribution in [3.63, 3.8) is 0 Å². The number of hydrogen-bond acceptors (Lipinski definition) is 1. The van der Waals surface area contributed by atoms with Gasteiger partial charge in [-0.25, -0.2) is 0 Å². The van der Waals surface area contributed by atoms with E-state index in [1.165, 1.54) is 16.7 Å². The number of aldehydes is 1. The summed E-state index contributed by atoms with van der Waals surface area (Å²) in [5, 5.41) is 0. The molecule has 0 amide bonds. The molecule has 92 valence electrons. The summed E-state index contributed by atoms with van der Waals surface area (Å²) in [5.74, 6) is 0. The van der Waals surface area contributed by atoms with Crippen molar-refractivity contribution in [1.82, 2.24) is 0 Å². The van der Waals surface area contributed by atoms with Crippen molar-refractivity contribution in [2.75, 3.05) is 0 Å². The van der Waals surface area contributed by atoms with Gasteiger partial charge >= 0.3 is 0 Å². The van der Waals surface area contributed by atoms with Gasteiger partial charge in [0.15, 0.2) is 0 Å². The van der Waals surface area contributed by atoms with Gasteiger partial charge in [-0.2, -0.15) is 0 Å². The SMILES string of the molecule is C=Cc1ccc(C)cc1.Cc1ccc(C=O)cc1. The average molecular weight is 238 g/mol. The molecule has 0 radical (unpaired) electrons. The van der Waals surface area contributed by atoms with Crippen molar-refractivity contribution < 1.29 is 4.79 Å². The largest absolute Gasteiger partial charge is 0.298 e. The molecule has 2 aromatic rings. The fraction of sp³-hybridized carbons (Fsp3) is 0.118. The van der Waals surface area contributed by atoms with Crippen LogP contribution >= 0.6 is 0 Å². The van der Waals surface area contributed by atoms with E-state index in [2.05, 4.69) is 37.8 Å². The first-order valence-corrected chi connectivity index (χ1v) is 5.86. The Morgan fingerprint density at radius 3 is 1.50 bits per heavy atom. The van der Waals surface area contributed by atoms with Crippen LogP contribution in [0.2, 0.25) is 0 Å². The first-order chi connectivity index (χ1) is 8.65. The lowest BCUT2D eigenvalue weighted by atomic mass is 10.2. The van der Waals surface area contributed by atoms with E-state index in [1.54, 1.807) is 0 Å². The average Bonchev–Trinajstić information content (AvgIpc) is 2.41. The molecule has 0 bridgehead atoms. The quantitative estimate of drug-likeness (QED) is 0.707. The van der Waals surface area contributed by atoms with E-state index in [0.29, 0.717) is 0 Å². The summed E-state index contributed by atoms with van der Waals surface area (Å²) in [6, 6.07) is 15.7. The molecule has 1 nitrogen and oxygen atoms in total. The molecule has 0 atom stereocenters. The Kier molecular flexibility index (Phi) is 5.59. The number of aryl methyl sites for hydroxylation is 2. The third-order valence-corrected chi connectivity index (χ3v) is 2.53. The zero-order chi connectivity index (χ0) is 13.4. The van der Waals surface area contributed by atoms with Gasteiger partial charge in [0.25, 0.3) is 0 Å². The zero-order valence-corrected chi connectivity index (χ0v) is 10.9. The molecule has 0 saturated heterocycles. The Hall–Kier alpha value is -2.15. The molecule has 0 heterocycles. The summed E-state index contributed by atoms with van der Waals surface area (Å²) < 4.78 is 0. The number of hydrogen-bond donors (Lipinski definition) is 0. The molecule has 0 aliphatic heterocycles. The lowest BCUT2D eigenvalue weighted by Crippen LogP contribution is -1.77. The zero-order valence-electron chi connectivity index (χ0n) is 10.9. The topological polar surface area (TPSA) is 17.1 Å². The van der Waals surface area contributed by atoms with Crippen molar-refractivity contribution >= 4 is 12.4 Å². The summed E-state index contributed by atoms with van der Waals surface area (Å²) in [6.07, 6.45) is 2.69. The maximum Gasteiger partial charge on any atom is 0.150 e. The Bertz CT molecular complexity index is 443. The van der Waals surface area contributed by atoms with Crippen LogP contribution in [-0.2, 0) is 0 Å². The minimum absolute atomic E-state index is 0.737. The highest BCUT2D eigenvalue weighted by molar-refractivity contribution is 5.74. The molecule has 2 rings (SSSR count). The molecular weight excluding hydrogens is 220 g/mol. The van der Waals surface area contributed by atoms with Crippen molar-refractivity contribution in [3.05, 3.63) is 77.4 Å². The van der Waals surface area contributed by atoms with Crippen LogP contribution in [0.1, 0.15) is 27.0 Å². The molecule has 0 fully saturated rings. The predicted octanol–water partition coefficient (Wildman–Crippen LogP) is 4.45. The predicted molar refractivity (Wildman–Crippen MR) is 77.8 cm³/mol. The smallest absolute Gasteiger partial charge is 0.150 e. The summed E-state index contributed by atoms with van der Waals surface area (Å²) in [4.78, 5) is 10.1. The Labute approximate surface area is 109 Å². The van der Waals surface area contributed by atoms with Gasteiger partial charge in [-0.1, -0.05) is 72.3 Å². The lowest BCUT2D eigenvalue weighted by molar-refractivity contribution is 0.112. The maximum absolute atomic E-state index is 10.1. The molecule has 0 unspecified atom stereocenters. The summed E-state index contributed by atoms with van der Waals surface area (Å²) in [7, 11) is 0. The minimum Gasteiger partial charge on any atom is -0.298 e. The molecule has 0 N–H and O–H groups in total. The molecule has 0 spiro atoms. The third-order valence-electron chi connectivity index (χ3n) is 2.53. The van der Waals surface area contributed by atoms with Gasteiger partial charge < -0.3 is 0 Å². The Morgan fingerprint density at radius 1 is 0.778 bits per heavy atom. The van der Waals surface area contributed by atoms with Crippen LogP contribution in [0.3, 0.4) is 0 Å². The van der Waals surface area contributed by atoms with Gasteiger partial charge in [-0.05, 0) is 19.4 Å². The normalized spacial score (nSPS) is 9.00. The highest BCUT2D eigenvalue weighted by Gasteiger charge is 1.85. The van der Waals surface area contributed by atoms with Crippen LogP contribution in [0.5, 0.6) is 0 Å². The van der Waals surface area contributed by atoms with Crippen LogP contribution < -0.4 is 0 Å². The molecule has 0 aliphatic rings. The van der Waals surface area contributed by atoms with Gasteiger partial charge in [0.2, 0.25) is 0 Å². The first kappa shape index (κ1) is 13.9. The minimum atomic E-state index is 0.737. The van der Waals surface area contributed by atoms with E-state index in [9.17, 15) is 4.79 Å². The van der Waals surface area contributed by atoms with E-state index < -0.39 is 0 Å². The highest BCUT2D eigenvalue weighted by atomic mass is 16.1. The Balaban J connectivity index is 0.000000180. The maximum atomic E-state index is 10.1. The first-order valence-electron chi connectivity index (χ1n) is 5.86. The second-order valence-electron chi connectivity index (χ2n) is 4.14. The summed E-state index contributed by atoms with van der Waals surface area (Å²) in [5.41, 5.74) is 4.39. The number of carbonyl (C=O) groups excluding carboxylic acids is 1. The van der Waals surface area contributed by atoms with Crippen molar-refractivity contribution in [1.29, 1.82) is 0 Å². The van der Waals surface area contributed by atoms with E-state index in [-0.39, 0.29) is 0 Å². The van der Waals surface area contributed by atoms with Crippen molar-refractivity contribution in [3.8, 4) is 0 Å². The van der Waals surface area contributed by atoms with Crippen molar-refractivity contribution in [2.24, 2.45) is 0 Å². The number of carbonyl (C=O) groups is 1. The van der Waals surface area contributed by atoms with Crippen molar-refractivity contribution in [2.45, 2.75) is 13.8 Å². The molecule has 0 aliphatic carbocycles. The van der Waals surface area contributed by atoms with E-state index >= 15 is 0 Å². The Morgan fingerprint density at radius 2 is 1.17 bits per heavy atom. The van der Waals surface area contributed by atoms with E-state index in [4.69, 9.17) is 0 Å². The molecular formula is C17H18O. The molecule has 0 aromatic heterocycles. The van der Waals surface area contributed by atoms with Gasteiger partial charge in [-0.3, -0.25) is 4.79 Å². The van der Waals surface area contributed by atoms with E-state index in [1.807, 2.05) is 37.3 Å². The standard InChI is InChI=1S/C9H10.C8H8O/c1-3-9-6-4-8(2)5-7-9;1-7-2-4-8(6-9)5-3-7/h3-7H,1H2,2H3;2-6H,1H3. The molecule has 18 heavy (non-hydrogen) atoms. The fourth-order valence-corrected chi connectivity index (χ4v) is 1.35. The third kappa shape index (κ3) is 4.79. The van der Waals surface area contributed by atoms with E-state index in [0.717, 1.165) is 11.8 Å². The van der Waals surface area contributed by atoms with Gasteiger partial charge in [0.1, 0.15) is 6.29 Å². The summed E-state index contributed by atoms with van der Waals surface area (Å²) >= 11 is 0. The second kappa shape index (κ2) is 7.23. The number of rotatable bonds is 2. The van der Waals surface area contributed by atoms with Gasteiger partial charge in [0.05, 0.1) is 0 Å². The molecule has 1 heteroatoms. The monoisotopic (exact) mass is 238 g/mol. The number of benzene rings is 2. The second-order valence-corrected chi connectivity index (χ2v) is 4.14. The van der Waals surface area contributed by atoms with Crippen LogP contribution in [0.4, 0.5) is 0 Å². The van der Waals surface area contributed by atoms with Crippen LogP contribution in [-0.4, -0.2) is 6.29 Å².